The number of benzodiazepines with no additional fused rings is 1. The second-order valence-corrected chi connectivity index (χ2v) is 7.30. The molecule has 4 rings (SSSR count). The van der Waals surface area contributed by atoms with E-state index in [0.29, 0.717) is 27.5 Å². The minimum absolute atomic E-state index is 0.262. The first-order chi connectivity index (χ1) is 14.5. The molecule has 0 saturated carbocycles. The fraction of sp³-hybridized carbons (Fsp3) is 0.0870. The molecule has 7 heteroatoms. The number of amides is 2. The largest absolute Gasteiger partial charge is 0.313 e. The van der Waals surface area contributed by atoms with Crippen molar-refractivity contribution in [2.24, 2.45) is 10.8 Å². The Kier molecular flexibility index (Phi) is 5.35. The lowest BCUT2D eigenvalue weighted by atomic mass is 9.98. The number of carbonyl (C=O) groups is 2. The molecule has 1 atom stereocenters. The minimum Gasteiger partial charge on any atom is -0.313 e. The zero-order valence-corrected chi connectivity index (χ0v) is 16.9. The van der Waals surface area contributed by atoms with Crippen molar-refractivity contribution in [1.29, 1.82) is 0 Å². The highest BCUT2D eigenvalue weighted by molar-refractivity contribution is 6.32. The maximum Gasteiger partial charge on any atom is 0.265 e. The standard InChI is InChI=1S/C23H19ClN4O2/c1-28-19-12-11-15(24)13-18(19)20(14-7-3-2-4-8-14)26-21(23(28)30)16-9-5-6-10-17(16)22(29)27-25/h2-13,21H,25H2,1H3,(H,27,29). The molecule has 0 spiro atoms. The number of benzene rings is 3. The molecule has 1 unspecified atom stereocenters. The summed E-state index contributed by atoms with van der Waals surface area (Å²) in [5.41, 5.74) is 5.81. The number of hydrogen-bond acceptors (Lipinski definition) is 4. The lowest BCUT2D eigenvalue weighted by Crippen LogP contribution is -2.34. The molecule has 0 radical (unpaired) electrons. The molecule has 1 aliphatic rings. The lowest BCUT2D eigenvalue weighted by molar-refractivity contribution is -0.119. The van der Waals surface area contributed by atoms with Crippen molar-refractivity contribution in [2.45, 2.75) is 6.04 Å². The number of anilines is 1. The van der Waals surface area contributed by atoms with E-state index in [9.17, 15) is 9.59 Å². The van der Waals surface area contributed by atoms with E-state index in [1.54, 1.807) is 54.4 Å². The third-order valence-electron chi connectivity index (χ3n) is 5.08. The molecule has 0 aromatic heterocycles. The fourth-order valence-electron chi connectivity index (χ4n) is 3.60. The van der Waals surface area contributed by atoms with E-state index < -0.39 is 11.9 Å². The van der Waals surface area contributed by atoms with Crippen LogP contribution in [0.4, 0.5) is 5.69 Å². The number of hydrogen-bond donors (Lipinski definition) is 2. The van der Waals surface area contributed by atoms with Gasteiger partial charge in [0.2, 0.25) is 0 Å². The SMILES string of the molecule is CN1C(=O)C(c2ccccc2C(=O)NN)N=C(c2ccccc2)c2cc(Cl)ccc21. The molecule has 2 amide bonds. The summed E-state index contributed by atoms with van der Waals surface area (Å²) in [5.74, 6) is 4.61. The normalized spacial score (nSPS) is 15.8. The van der Waals surface area contributed by atoms with E-state index in [-0.39, 0.29) is 5.91 Å². The second kappa shape index (κ2) is 8.10. The number of likely N-dealkylation sites (N-methyl/N-ethyl adjacent to an activating group) is 1. The Hall–Kier alpha value is -3.48. The van der Waals surface area contributed by atoms with Crippen LogP contribution < -0.4 is 16.2 Å². The van der Waals surface area contributed by atoms with Crippen LogP contribution in [0, 0.1) is 0 Å². The van der Waals surface area contributed by atoms with Crippen molar-refractivity contribution >= 4 is 34.8 Å². The summed E-state index contributed by atoms with van der Waals surface area (Å²) < 4.78 is 0. The van der Waals surface area contributed by atoms with E-state index in [4.69, 9.17) is 22.4 Å². The van der Waals surface area contributed by atoms with Gasteiger partial charge in [0, 0.05) is 28.8 Å². The van der Waals surface area contributed by atoms with Gasteiger partial charge in [0.1, 0.15) is 0 Å². The minimum atomic E-state index is -0.926. The highest BCUT2D eigenvalue weighted by Gasteiger charge is 2.33. The van der Waals surface area contributed by atoms with Crippen LogP contribution in [0.1, 0.15) is 33.1 Å². The first-order valence-electron chi connectivity index (χ1n) is 9.32. The summed E-state index contributed by atoms with van der Waals surface area (Å²) >= 11 is 6.28. The number of rotatable bonds is 3. The quantitative estimate of drug-likeness (QED) is 0.387. The number of nitrogens with one attached hydrogen (secondary N) is 1. The Morgan fingerprint density at radius 3 is 2.50 bits per heavy atom. The number of halogens is 1. The summed E-state index contributed by atoms with van der Waals surface area (Å²) in [6, 6.07) is 20.8. The summed E-state index contributed by atoms with van der Waals surface area (Å²) in [7, 11) is 1.69. The molecule has 0 fully saturated rings. The Bertz CT molecular complexity index is 1160. The van der Waals surface area contributed by atoms with Gasteiger partial charge >= 0.3 is 0 Å². The number of aliphatic imine (C=N–C) groups is 1. The third-order valence-corrected chi connectivity index (χ3v) is 5.31. The van der Waals surface area contributed by atoms with Crippen LogP contribution >= 0.6 is 11.6 Å². The van der Waals surface area contributed by atoms with Gasteiger partial charge in [-0.05, 0) is 29.8 Å². The van der Waals surface area contributed by atoms with Crippen LogP contribution in [0.15, 0.2) is 77.8 Å². The van der Waals surface area contributed by atoms with Gasteiger partial charge in [-0.1, -0.05) is 60.1 Å². The van der Waals surface area contributed by atoms with Crippen LogP contribution in [-0.4, -0.2) is 24.6 Å². The molecule has 3 aromatic carbocycles. The molecule has 0 saturated heterocycles. The van der Waals surface area contributed by atoms with E-state index in [0.717, 1.165) is 11.1 Å². The Morgan fingerprint density at radius 2 is 1.77 bits per heavy atom. The van der Waals surface area contributed by atoms with Gasteiger partial charge in [0.15, 0.2) is 6.04 Å². The van der Waals surface area contributed by atoms with Gasteiger partial charge in [-0.15, -0.1) is 0 Å². The van der Waals surface area contributed by atoms with E-state index in [1.165, 1.54) is 0 Å². The molecular weight excluding hydrogens is 400 g/mol. The Balaban J connectivity index is 1.99. The van der Waals surface area contributed by atoms with Crippen molar-refractivity contribution in [3.8, 4) is 0 Å². The molecule has 0 aliphatic carbocycles. The van der Waals surface area contributed by atoms with E-state index >= 15 is 0 Å². The summed E-state index contributed by atoms with van der Waals surface area (Å²) in [6.45, 7) is 0. The van der Waals surface area contributed by atoms with Gasteiger partial charge in [-0.3, -0.25) is 20.0 Å². The van der Waals surface area contributed by atoms with Crippen LogP contribution in [0.2, 0.25) is 5.02 Å². The lowest BCUT2D eigenvalue weighted by Gasteiger charge is -2.21. The molecule has 3 aromatic rings. The van der Waals surface area contributed by atoms with Crippen molar-refractivity contribution in [1.82, 2.24) is 5.43 Å². The number of nitrogen functional groups attached to an aromatic ring is 1. The van der Waals surface area contributed by atoms with Gasteiger partial charge < -0.3 is 4.90 Å². The van der Waals surface area contributed by atoms with Crippen LogP contribution in [0.25, 0.3) is 0 Å². The van der Waals surface area contributed by atoms with E-state index in [2.05, 4.69) is 5.43 Å². The van der Waals surface area contributed by atoms with Gasteiger partial charge in [-0.25, -0.2) is 5.84 Å². The maximum absolute atomic E-state index is 13.5. The van der Waals surface area contributed by atoms with Gasteiger partial charge in [-0.2, -0.15) is 0 Å². The molecule has 1 aliphatic heterocycles. The topological polar surface area (TPSA) is 87.8 Å². The van der Waals surface area contributed by atoms with E-state index in [1.807, 2.05) is 30.3 Å². The van der Waals surface area contributed by atoms with Gasteiger partial charge in [0.25, 0.3) is 11.8 Å². The van der Waals surface area contributed by atoms with Gasteiger partial charge in [0.05, 0.1) is 11.4 Å². The average molecular weight is 419 g/mol. The molecule has 1 heterocycles. The number of carbonyl (C=O) groups excluding carboxylic acids is 2. The number of nitrogens with two attached hydrogens (primary N) is 1. The molecule has 3 N–H and O–H groups in total. The first-order valence-corrected chi connectivity index (χ1v) is 9.69. The maximum atomic E-state index is 13.5. The van der Waals surface area contributed by atoms with Crippen LogP contribution in [-0.2, 0) is 4.79 Å². The molecule has 30 heavy (non-hydrogen) atoms. The summed E-state index contributed by atoms with van der Waals surface area (Å²) in [4.78, 5) is 32.2. The zero-order valence-electron chi connectivity index (χ0n) is 16.2. The third kappa shape index (κ3) is 3.47. The van der Waals surface area contributed by atoms with Crippen molar-refractivity contribution in [2.75, 3.05) is 11.9 Å². The summed E-state index contributed by atoms with van der Waals surface area (Å²) in [5, 5.41) is 0.541. The zero-order chi connectivity index (χ0) is 21.3. The number of hydrazine groups is 1. The predicted octanol–water partition coefficient (Wildman–Crippen LogP) is 3.50. The molecule has 150 valence electrons. The van der Waals surface area contributed by atoms with Crippen molar-refractivity contribution in [3.05, 3.63) is 100 Å². The highest BCUT2D eigenvalue weighted by Crippen LogP contribution is 2.35. The number of nitrogens with zero attached hydrogens (tertiary/aromatic N) is 2. The molecule has 0 bridgehead atoms. The monoisotopic (exact) mass is 418 g/mol. The fourth-order valence-corrected chi connectivity index (χ4v) is 3.77. The first kappa shape index (κ1) is 19.8. The van der Waals surface area contributed by atoms with Crippen molar-refractivity contribution < 1.29 is 9.59 Å². The Morgan fingerprint density at radius 1 is 1.07 bits per heavy atom. The smallest absolute Gasteiger partial charge is 0.265 e. The Labute approximate surface area is 179 Å². The predicted molar refractivity (Wildman–Crippen MR) is 118 cm³/mol. The molecule has 6 nitrogen and oxygen atoms in total. The second-order valence-electron chi connectivity index (χ2n) is 6.87. The number of fused-ring (bicyclic) bond motifs is 1. The van der Waals surface area contributed by atoms with Crippen LogP contribution in [0.3, 0.4) is 0 Å². The summed E-state index contributed by atoms with van der Waals surface area (Å²) in [6.07, 6.45) is 0. The van der Waals surface area contributed by atoms with Crippen LogP contribution in [0.5, 0.6) is 0 Å². The highest BCUT2D eigenvalue weighted by atomic mass is 35.5. The van der Waals surface area contributed by atoms with Crippen molar-refractivity contribution in [3.63, 3.8) is 0 Å². The average Bonchev–Trinajstić information content (AvgIpc) is 2.88. The molecular formula is C23H19ClN4O2.